The van der Waals surface area contributed by atoms with Crippen molar-refractivity contribution in [2.75, 3.05) is 0 Å². The smallest absolute Gasteiger partial charge is 0.275 e. The average Bonchev–Trinajstić information content (AvgIpc) is 2.92. The van der Waals surface area contributed by atoms with Gasteiger partial charge in [-0.05, 0) is 44.5 Å². The minimum Gasteiger partial charge on any atom is -0.507 e. The van der Waals surface area contributed by atoms with Crippen LogP contribution in [0.5, 0.6) is 5.75 Å². The molecule has 0 saturated carbocycles. The monoisotopic (exact) mass is 396 g/mol. The summed E-state index contributed by atoms with van der Waals surface area (Å²) in [6, 6.07) is 12.6. The van der Waals surface area contributed by atoms with Crippen LogP contribution in [0.1, 0.15) is 38.4 Å². The number of aromatic hydroxyl groups is 1. The van der Waals surface area contributed by atoms with Gasteiger partial charge in [0.2, 0.25) is 0 Å². The maximum atomic E-state index is 12.2. The topological polar surface area (TPSA) is 79.5 Å². The summed E-state index contributed by atoms with van der Waals surface area (Å²) in [7, 11) is 0. The predicted molar refractivity (Wildman–Crippen MR) is 110 cm³/mol. The lowest BCUT2D eigenvalue weighted by atomic mass is 10.1. The molecule has 2 N–H and O–H groups in total. The Morgan fingerprint density at radius 3 is 2.64 bits per heavy atom. The van der Waals surface area contributed by atoms with Crippen LogP contribution in [0.2, 0.25) is 5.02 Å². The van der Waals surface area contributed by atoms with Gasteiger partial charge in [-0.2, -0.15) is 10.2 Å². The van der Waals surface area contributed by atoms with Crippen molar-refractivity contribution < 1.29 is 9.90 Å². The van der Waals surface area contributed by atoms with Crippen LogP contribution in [0.4, 0.5) is 0 Å². The number of rotatable bonds is 5. The number of carbonyl (C=O) groups excluding carboxylic acids is 1. The van der Waals surface area contributed by atoms with Crippen LogP contribution in [0.25, 0.3) is 0 Å². The van der Waals surface area contributed by atoms with Gasteiger partial charge in [-0.25, -0.2) is 5.43 Å². The third-order valence-electron chi connectivity index (χ3n) is 4.45. The lowest BCUT2D eigenvalue weighted by molar-refractivity contribution is 0.0952. The van der Waals surface area contributed by atoms with Gasteiger partial charge in [-0.15, -0.1) is 0 Å². The highest BCUT2D eigenvalue weighted by Gasteiger charge is 2.12. The molecular formula is C21H21ClN4O2. The molecule has 0 radical (unpaired) electrons. The van der Waals surface area contributed by atoms with Gasteiger partial charge in [0.15, 0.2) is 0 Å². The van der Waals surface area contributed by atoms with Gasteiger partial charge >= 0.3 is 0 Å². The van der Waals surface area contributed by atoms with Gasteiger partial charge in [-0.1, -0.05) is 41.4 Å². The predicted octanol–water partition coefficient (Wildman–Crippen LogP) is 3.98. The maximum Gasteiger partial charge on any atom is 0.275 e. The fraction of sp³-hybridized carbons (Fsp3) is 0.190. The van der Waals surface area contributed by atoms with Crippen molar-refractivity contribution >= 4 is 23.7 Å². The SMILES string of the molecule is Cc1ccc(Cn2nc(C)c(/C=N\NC(=O)c3cc(Cl)ccc3O)c2C)cc1. The van der Waals surface area contributed by atoms with E-state index in [9.17, 15) is 9.90 Å². The zero-order chi connectivity index (χ0) is 20.3. The van der Waals surface area contributed by atoms with Crippen LogP contribution in [0.3, 0.4) is 0 Å². The Hall–Kier alpha value is -3.12. The molecule has 1 amide bonds. The summed E-state index contributed by atoms with van der Waals surface area (Å²) in [5.41, 5.74) is 7.44. The van der Waals surface area contributed by atoms with Crippen LogP contribution in [0, 0.1) is 20.8 Å². The highest BCUT2D eigenvalue weighted by molar-refractivity contribution is 6.31. The van der Waals surface area contributed by atoms with E-state index in [0.29, 0.717) is 11.6 Å². The van der Waals surface area contributed by atoms with Crippen LogP contribution in [-0.4, -0.2) is 27.0 Å². The Balaban J connectivity index is 1.73. The molecule has 7 heteroatoms. The molecule has 0 aliphatic rings. The molecule has 0 atom stereocenters. The van der Waals surface area contributed by atoms with Gasteiger partial charge < -0.3 is 5.11 Å². The first kappa shape index (κ1) is 19.6. The van der Waals surface area contributed by atoms with Crippen molar-refractivity contribution in [3.63, 3.8) is 0 Å². The maximum absolute atomic E-state index is 12.2. The first-order valence-corrected chi connectivity index (χ1v) is 9.14. The number of amides is 1. The second-order valence-corrected chi connectivity index (χ2v) is 7.02. The van der Waals surface area contributed by atoms with Crippen LogP contribution in [-0.2, 0) is 6.54 Å². The second kappa shape index (κ2) is 8.27. The third kappa shape index (κ3) is 4.40. The number of nitrogens with zero attached hydrogens (tertiary/aromatic N) is 3. The molecule has 3 rings (SSSR count). The van der Waals surface area contributed by atoms with E-state index in [1.165, 1.54) is 23.8 Å². The van der Waals surface area contributed by atoms with E-state index in [1.54, 1.807) is 6.21 Å². The summed E-state index contributed by atoms with van der Waals surface area (Å²) in [5, 5.41) is 18.7. The van der Waals surface area contributed by atoms with Gasteiger partial charge in [0.1, 0.15) is 5.75 Å². The Bertz CT molecular complexity index is 1040. The first-order chi connectivity index (χ1) is 13.3. The molecule has 0 aliphatic carbocycles. The van der Waals surface area contributed by atoms with Crippen molar-refractivity contribution in [2.45, 2.75) is 27.3 Å². The van der Waals surface area contributed by atoms with Gasteiger partial charge in [0.25, 0.3) is 5.91 Å². The number of hydrogen-bond donors (Lipinski definition) is 2. The van der Waals surface area contributed by atoms with Gasteiger partial charge in [0, 0.05) is 16.3 Å². The molecular weight excluding hydrogens is 376 g/mol. The van der Waals surface area contributed by atoms with E-state index in [1.807, 2.05) is 18.5 Å². The third-order valence-corrected chi connectivity index (χ3v) is 4.69. The standard InChI is InChI=1S/C21H21ClN4O2/c1-13-4-6-16(7-5-13)12-26-15(3)19(14(2)25-26)11-23-24-21(28)18-10-17(22)8-9-20(18)27/h4-11,27H,12H2,1-3H3,(H,24,28)/b23-11-. The molecule has 0 aliphatic heterocycles. The number of aromatic nitrogens is 2. The van der Waals surface area contributed by atoms with Crippen LogP contribution < -0.4 is 5.43 Å². The summed E-state index contributed by atoms with van der Waals surface area (Å²) in [6.07, 6.45) is 1.56. The highest BCUT2D eigenvalue weighted by Crippen LogP contribution is 2.21. The molecule has 0 saturated heterocycles. The molecule has 0 spiro atoms. The van der Waals surface area contributed by atoms with Crippen LogP contribution in [0.15, 0.2) is 47.6 Å². The molecule has 0 unspecified atom stereocenters. The number of aryl methyl sites for hydroxylation is 2. The lowest BCUT2D eigenvalue weighted by Crippen LogP contribution is -2.17. The van der Waals surface area contributed by atoms with Gasteiger partial charge in [0.05, 0.1) is 24.0 Å². The van der Waals surface area contributed by atoms with Gasteiger partial charge in [-0.3, -0.25) is 9.48 Å². The molecule has 28 heavy (non-hydrogen) atoms. The number of phenolic OH excluding ortho intramolecular Hbond substituents is 1. The summed E-state index contributed by atoms with van der Waals surface area (Å²) < 4.78 is 1.91. The average molecular weight is 397 g/mol. The van der Waals surface area contributed by atoms with Crippen molar-refractivity contribution in [1.82, 2.24) is 15.2 Å². The fourth-order valence-electron chi connectivity index (χ4n) is 2.82. The Morgan fingerprint density at radius 1 is 1.21 bits per heavy atom. The van der Waals surface area contributed by atoms with E-state index in [0.717, 1.165) is 22.5 Å². The summed E-state index contributed by atoms with van der Waals surface area (Å²) in [5.74, 6) is -0.700. The van der Waals surface area contributed by atoms with Crippen molar-refractivity contribution in [2.24, 2.45) is 5.10 Å². The summed E-state index contributed by atoms with van der Waals surface area (Å²) >= 11 is 5.87. The quantitative estimate of drug-likeness (QED) is 0.505. The molecule has 3 aromatic rings. The zero-order valence-corrected chi connectivity index (χ0v) is 16.7. The number of nitrogens with one attached hydrogen (secondary N) is 1. The Morgan fingerprint density at radius 2 is 1.93 bits per heavy atom. The lowest BCUT2D eigenvalue weighted by Gasteiger charge is -2.05. The first-order valence-electron chi connectivity index (χ1n) is 8.76. The van der Waals surface area contributed by atoms with E-state index in [-0.39, 0.29) is 11.3 Å². The number of halogens is 1. The fourth-order valence-corrected chi connectivity index (χ4v) is 3.00. The number of carbonyl (C=O) groups is 1. The Labute approximate surface area is 168 Å². The van der Waals surface area contributed by atoms with E-state index < -0.39 is 5.91 Å². The highest BCUT2D eigenvalue weighted by atomic mass is 35.5. The molecule has 1 aromatic heterocycles. The number of hydrogen-bond acceptors (Lipinski definition) is 4. The minimum atomic E-state index is -0.543. The normalized spacial score (nSPS) is 11.1. The minimum absolute atomic E-state index is 0.0631. The molecule has 0 bridgehead atoms. The molecule has 144 valence electrons. The largest absolute Gasteiger partial charge is 0.507 e. The van der Waals surface area contributed by atoms with E-state index in [2.05, 4.69) is 46.8 Å². The zero-order valence-electron chi connectivity index (χ0n) is 15.9. The molecule has 0 fully saturated rings. The summed E-state index contributed by atoms with van der Waals surface area (Å²) in [4.78, 5) is 12.2. The summed E-state index contributed by atoms with van der Waals surface area (Å²) in [6.45, 7) is 6.56. The van der Waals surface area contributed by atoms with E-state index in [4.69, 9.17) is 11.6 Å². The molecule has 2 aromatic carbocycles. The number of phenols is 1. The van der Waals surface area contributed by atoms with Crippen LogP contribution >= 0.6 is 11.6 Å². The van der Waals surface area contributed by atoms with Crippen molar-refractivity contribution in [1.29, 1.82) is 0 Å². The molecule has 1 heterocycles. The van der Waals surface area contributed by atoms with Crippen molar-refractivity contribution in [3.8, 4) is 5.75 Å². The van der Waals surface area contributed by atoms with E-state index >= 15 is 0 Å². The molecule has 6 nitrogen and oxygen atoms in total. The Kier molecular flexibility index (Phi) is 5.80. The number of benzene rings is 2. The van der Waals surface area contributed by atoms with Crippen molar-refractivity contribution in [3.05, 3.63) is 81.1 Å². The second-order valence-electron chi connectivity index (χ2n) is 6.59. The number of hydrazone groups is 1.